The Balaban J connectivity index is 1.39. The molecule has 2 N–H and O–H groups in total. The van der Waals surface area contributed by atoms with E-state index in [0.717, 1.165) is 27.2 Å². The Bertz CT molecular complexity index is 1090. The smallest absolute Gasteiger partial charge is 0.307 e. The molecule has 6 nitrogen and oxygen atoms in total. The number of hydrogen-bond donors (Lipinski definition) is 2. The maximum Gasteiger partial charge on any atom is 0.307 e. The Morgan fingerprint density at radius 1 is 1.11 bits per heavy atom. The van der Waals surface area contributed by atoms with E-state index < -0.39 is 11.2 Å². The van der Waals surface area contributed by atoms with Crippen LogP contribution in [0.5, 0.6) is 0 Å². The zero-order chi connectivity index (χ0) is 19.7. The summed E-state index contributed by atoms with van der Waals surface area (Å²) in [4.78, 5) is 41.1. The lowest BCUT2D eigenvalue weighted by Gasteiger charge is -2.23. The van der Waals surface area contributed by atoms with Gasteiger partial charge in [-0.3, -0.25) is 14.4 Å². The van der Waals surface area contributed by atoms with Crippen molar-refractivity contribution in [3.05, 3.63) is 59.8 Å². The van der Waals surface area contributed by atoms with Crippen LogP contribution in [-0.4, -0.2) is 34.5 Å². The summed E-state index contributed by atoms with van der Waals surface area (Å²) in [5, 5.41) is 3.02. The second-order valence-electron chi connectivity index (χ2n) is 6.55. The molecule has 2 aromatic carbocycles. The third kappa shape index (κ3) is 3.53. The molecular weight excluding hydrogens is 376 g/mol. The number of H-pyrrole nitrogens is 1. The standard InChI is InChI=1S/C21H18N2O4S/c1-12-20(13-6-2-3-7-14(13)22-12)16(24)11-27-19(25)10-18-21(26)23-15-8-4-5-9-17(15)28-18/h2-9,18,22H,10-11H2,1H3,(H,23,26)/t18-/m0/s1. The highest BCUT2D eigenvalue weighted by Gasteiger charge is 2.29. The van der Waals surface area contributed by atoms with Crippen molar-refractivity contribution in [1.29, 1.82) is 0 Å². The van der Waals surface area contributed by atoms with E-state index in [1.807, 2.05) is 55.5 Å². The molecule has 0 saturated heterocycles. The second-order valence-corrected chi connectivity index (χ2v) is 7.80. The number of fused-ring (bicyclic) bond motifs is 2. The molecule has 0 bridgehead atoms. The predicted molar refractivity (Wildman–Crippen MR) is 108 cm³/mol. The van der Waals surface area contributed by atoms with Crippen molar-refractivity contribution in [2.24, 2.45) is 0 Å². The number of carbonyl (C=O) groups is 3. The van der Waals surface area contributed by atoms with Crippen LogP contribution in [0.3, 0.4) is 0 Å². The number of benzene rings is 2. The van der Waals surface area contributed by atoms with Crippen LogP contribution in [-0.2, 0) is 14.3 Å². The van der Waals surface area contributed by atoms with E-state index in [1.165, 1.54) is 11.8 Å². The minimum Gasteiger partial charge on any atom is -0.457 e. The van der Waals surface area contributed by atoms with E-state index in [1.54, 1.807) is 0 Å². The van der Waals surface area contributed by atoms with Crippen molar-refractivity contribution in [3.8, 4) is 0 Å². The number of nitrogens with one attached hydrogen (secondary N) is 2. The average Bonchev–Trinajstić information content (AvgIpc) is 3.02. The van der Waals surface area contributed by atoms with Gasteiger partial charge in [0.15, 0.2) is 6.61 Å². The summed E-state index contributed by atoms with van der Waals surface area (Å²) in [6, 6.07) is 14.9. The zero-order valence-electron chi connectivity index (χ0n) is 15.2. The fourth-order valence-corrected chi connectivity index (χ4v) is 4.39. The Kier molecular flexibility index (Phi) is 4.92. The van der Waals surface area contributed by atoms with Gasteiger partial charge in [0.1, 0.15) is 0 Å². The van der Waals surface area contributed by atoms with Crippen LogP contribution in [0.4, 0.5) is 5.69 Å². The number of ether oxygens (including phenoxy) is 1. The van der Waals surface area contributed by atoms with Gasteiger partial charge in [0.25, 0.3) is 0 Å². The van der Waals surface area contributed by atoms with Crippen LogP contribution in [0.2, 0.25) is 0 Å². The number of anilines is 1. The van der Waals surface area contributed by atoms with Gasteiger partial charge in [0, 0.05) is 27.1 Å². The number of aryl methyl sites for hydroxylation is 1. The van der Waals surface area contributed by atoms with Gasteiger partial charge in [-0.25, -0.2) is 0 Å². The highest BCUT2D eigenvalue weighted by molar-refractivity contribution is 8.01. The van der Waals surface area contributed by atoms with Crippen molar-refractivity contribution in [2.75, 3.05) is 11.9 Å². The first-order valence-corrected chi connectivity index (χ1v) is 9.73. The third-order valence-electron chi connectivity index (χ3n) is 4.60. The van der Waals surface area contributed by atoms with Crippen molar-refractivity contribution in [1.82, 2.24) is 4.98 Å². The van der Waals surface area contributed by atoms with Crippen molar-refractivity contribution in [3.63, 3.8) is 0 Å². The molecule has 7 heteroatoms. The van der Waals surface area contributed by atoms with E-state index in [4.69, 9.17) is 4.74 Å². The number of thioether (sulfide) groups is 1. The van der Waals surface area contributed by atoms with Gasteiger partial charge in [-0.2, -0.15) is 0 Å². The van der Waals surface area contributed by atoms with Crippen molar-refractivity contribution >= 4 is 46.0 Å². The molecule has 1 atom stereocenters. The fourth-order valence-electron chi connectivity index (χ4n) is 3.29. The summed E-state index contributed by atoms with van der Waals surface area (Å²) < 4.78 is 5.17. The summed E-state index contributed by atoms with van der Waals surface area (Å²) >= 11 is 1.33. The molecule has 4 rings (SSSR count). The minimum absolute atomic E-state index is 0.0923. The lowest BCUT2D eigenvalue weighted by atomic mass is 10.1. The number of para-hydroxylation sites is 2. The van der Waals surface area contributed by atoms with Gasteiger partial charge >= 0.3 is 5.97 Å². The summed E-state index contributed by atoms with van der Waals surface area (Å²) in [5.41, 5.74) is 2.87. The average molecular weight is 394 g/mol. The zero-order valence-corrected chi connectivity index (χ0v) is 16.0. The predicted octanol–water partition coefficient (Wildman–Crippen LogP) is 3.71. The first-order valence-electron chi connectivity index (χ1n) is 8.85. The molecule has 28 heavy (non-hydrogen) atoms. The number of amides is 1. The van der Waals surface area contributed by atoms with Crippen LogP contribution in [0.1, 0.15) is 22.5 Å². The number of carbonyl (C=O) groups excluding carboxylic acids is 3. The Morgan fingerprint density at radius 2 is 1.86 bits per heavy atom. The maximum absolute atomic E-state index is 12.6. The molecule has 0 unspecified atom stereocenters. The Hall–Kier alpha value is -3.06. The molecule has 0 aliphatic carbocycles. The highest BCUT2D eigenvalue weighted by Crippen LogP contribution is 2.36. The molecule has 1 amide bonds. The van der Waals surface area contributed by atoms with Gasteiger partial charge in [0.2, 0.25) is 11.7 Å². The van der Waals surface area contributed by atoms with Gasteiger partial charge in [-0.1, -0.05) is 30.3 Å². The highest BCUT2D eigenvalue weighted by atomic mass is 32.2. The number of ketones is 1. The second kappa shape index (κ2) is 7.52. The van der Waals surface area contributed by atoms with Crippen LogP contribution in [0.15, 0.2) is 53.4 Å². The molecule has 0 fully saturated rings. The van der Waals surface area contributed by atoms with Gasteiger partial charge in [0.05, 0.1) is 17.4 Å². The topological polar surface area (TPSA) is 88.3 Å². The Morgan fingerprint density at radius 3 is 2.71 bits per heavy atom. The number of rotatable bonds is 5. The third-order valence-corrected chi connectivity index (χ3v) is 5.87. The number of hydrogen-bond acceptors (Lipinski definition) is 5. The van der Waals surface area contributed by atoms with Crippen LogP contribution in [0, 0.1) is 6.92 Å². The Labute approximate surface area is 165 Å². The number of Topliss-reactive ketones (excluding diaryl/α,β-unsaturated/α-hetero) is 1. The van der Waals surface area contributed by atoms with Gasteiger partial charge in [-0.15, -0.1) is 11.8 Å². The number of aromatic nitrogens is 1. The summed E-state index contributed by atoms with van der Waals surface area (Å²) in [6.45, 7) is 1.46. The number of esters is 1. The van der Waals surface area contributed by atoms with Crippen LogP contribution < -0.4 is 5.32 Å². The molecular formula is C21H18N2O4S. The lowest BCUT2D eigenvalue weighted by Crippen LogP contribution is -2.31. The summed E-state index contributed by atoms with van der Waals surface area (Å²) in [7, 11) is 0. The quantitative estimate of drug-likeness (QED) is 0.509. The SMILES string of the molecule is Cc1[nH]c2ccccc2c1C(=O)COC(=O)C[C@@H]1Sc2ccccc2NC1=O. The van der Waals surface area contributed by atoms with Gasteiger partial charge in [-0.05, 0) is 25.1 Å². The van der Waals surface area contributed by atoms with E-state index in [2.05, 4.69) is 10.3 Å². The molecule has 1 aliphatic rings. The molecule has 0 radical (unpaired) electrons. The summed E-state index contributed by atoms with van der Waals surface area (Å²) in [6.07, 6.45) is -0.0923. The number of aromatic amines is 1. The molecule has 0 saturated carbocycles. The van der Waals surface area contributed by atoms with E-state index in [9.17, 15) is 14.4 Å². The molecule has 1 aliphatic heterocycles. The molecule has 0 spiro atoms. The first-order chi connectivity index (χ1) is 13.5. The molecule has 1 aromatic heterocycles. The normalized spacial score (nSPS) is 15.8. The molecule has 142 valence electrons. The van der Waals surface area contributed by atoms with Crippen LogP contribution in [0.25, 0.3) is 10.9 Å². The lowest BCUT2D eigenvalue weighted by molar-refractivity contribution is -0.143. The van der Waals surface area contributed by atoms with E-state index in [0.29, 0.717) is 5.56 Å². The molecule has 2 heterocycles. The first kappa shape index (κ1) is 18.3. The monoisotopic (exact) mass is 394 g/mol. The van der Waals surface area contributed by atoms with Crippen molar-refractivity contribution < 1.29 is 19.1 Å². The fraction of sp³-hybridized carbons (Fsp3) is 0.190. The minimum atomic E-state index is -0.577. The van der Waals surface area contributed by atoms with Crippen molar-refractivity contribution in [2.45, 2.75) is 23.5 Å². The van der Waals surface area contributed by atoms with Gasteiger partial charge < -0.3 is 15.0 Å². The largest absolute Gasteiger partial charge is 0.457 e. The maximum atomic E-state index is 12.6. The molecule has 3 aromatic rings. The van der Waals surface area contributed by atoms with Crippen LogP contribution >= 0.6 is 11.8 Å². The summed E-state index contributed by atoms with van der Waals surface area (Å²) in [5.74, 6) is -1.08. The van der Waals surface area contributed by atoms with E-state index in [-0.39, 0.29) is 24.7 Å². The van der Waals surface area contributed by atoms with E-state index >= 15 is 0 Å².